The summed E-state index contributed by atoms with van der Waals surface area (Å²) in [5.41, 5.74) is 0.420. The molecule has 6 heteroatoms. The number of ether oxygens (including phenoxy) is 3. The van der Waals surface area contributed by atoms with Crippen LogP contribution in [0.5, 0.6) is 11.5 Å². The van der Waals surface area contributed by atoms with Gasteiger partial charge in [-0.25, -0.2) is 0 Å². The number of carbonyl (C=O) groups is 2. The lowest BCUT2D eigenvalue weighted by Crippen LogP contribution is -2.30. The van der Waals surface area contributed by atoms with Crippen LogP contribution >= 0.6 is 0 Å². The molecule has 126 valence electrons. The highest BCUT2D eigenvalue weighted by atomic mass is 16.5. The van der Waals surface area contributed by atoms with Crippen LogP contribution in [-0.2, 0) is 9.53 Å². The quantitative estimate of drug-likeness (QED) is 0.780. The van der Waals surface area contributed by atoms with Gasteiger partial charge in [0.25, 0.3) is 5.91 Å². The Kier molecular flexibility index (Phi) is 6.26. The topological polar surface area (TPSA) is 73.9 Å². The summed E-state index contributed by atoms with van der Waals surface area (Å²) in [5, 5.41) is 2.53. The van der Waals surface area contributed by atoms with Gasteiger partial charge >= 0.3 is 5.97 Å². The zero-order valence-electron chi connectivity index (χ0n) is 13.6. The van der Waals surface area contributed by atoms with Gasteiger partial charge in [0.2, 0.25) is 0 Å². The molecule has 2 rings (SSSR count). The van der Waals surface area contributed by atoms with E-state index in [9.17, 15) is 9.59 Å². The third-order valence-electron chi connectivity index (χ3n) is 3.72. The molecule has 1 fully saturated rings. The molecule has 0 saturated heterocycles. The first-order valence-electron chi connectivity index (χ1n) is 7.92. The van der Waals surface area contributed by atoms with Gasteiger partial charge in [0.05, 0.1) is 19.8 Å². The molecule has 1 aliphatic carbocycles. The molecule has 1 N–H and O–H groups in total. The summed E-state index contributed by atoms with van der Waals surface area (Å²) in [6.45, 7) is 1.85. The number of carbonyl (C=O) groups excluding carboxylic acids is 2. The monoisotopic (exact) mass is 321 g/mol. The van der Waals surface area contributed by atoms with Gasteiger partial charge in [0.1, 0.15) is 6.54 Å². The molecule has 6 nitrogen and oxygen atoms in total. The van der Waals surface area contributed by atoms with E-state index in [-0.39, 0.29) is 25.2 Å². The summed E-state index contributed by atoms with van der Waals surface area (Å²) in [7, 11) is 1.57. The summed E-state index contributed by atoms with van der Waals surface area (Å²) in [4.78, 5) is 23.4. The summed E-state index contributed by atoms with van der Waals surface area (Å²) in [6.07, 6.45) is 4.52. The number of esters is 1. The summed E-state index contributed by atoms with van der Waals surface area (Å²) in [6, 6.07) is 4.99. The molecule has 0 heterocycles. The zero-order chi connectivity index (χ0) is 16.7. The van der Waals surface area contributed by atoms with Gasteiger partial charge in [-0.15, -0.1) is 0 Å². The van der Waals surface area contributed by atoms with Crippen LogP contribution in [0.15, 0.2) is 18.2 Å². The first-order valence-corrected chi connectivity index (χ1v) is 7.92. The molecule has 1 amide bonds. The normalized spacial score (nSPS) is 14.3. The van der Waals surface area contributed by atoms with E-state index in [0.717, 1.165) is 25.7 Å². The lowest BCUT2D eigenvalue weighted by Gasteiger charge is -2.16. The predicted molar refractivity (Wildman–Crippen MR) is 84.8 cm³/mol. The number of hydrogen-bond acceptors (Lipinski definition) is 5. The first kappa shape index (κ1) is 17.1. The second-order valence-electron chi connectivity index (χ2n) is 5.38. The summed E-state index contributed by atoms with van der Waals surface area (Å²) >= 11 is 0. The molecular formula is C17H23NO5. The molecule has 1 aromatic carbocycles. The van der Waals surface area contributed by atoms with Crippen molar-refractivity contribution in [3.05, 3.63) is 23.8 Å². The molecule has 1 aromatic rings. The predicted octanol–water partition coefficient (Wildman–Crippen LogP) is 2.31. The fourth-order valence-corrected chi connectivity index (χ4v) is 2.56. The third kappa shape index (κ3) is 4.87. The van der Waals surface area contributed by atoms with E-state index in [2.05, 4.69) is 5.32 Å². The van der Waals surface area contributed by atoms with E-state index in [0.29, 0.717) is 17.1 Å². The Hall–Kier alpha value is -2.24. The van der Waals surface area contributed by atoms with Crippen molar-refractivity contribution in [3.8, 4) is 11.5 Å². The van der Waals surface area contributed by atoms with Crippen LogP contribution in [0.25, 0.3) is 0 Å². The molecule has 0 spiro atoms. The van der Waals surface area contributed by atoms with Gasteiger partial charge < -0.3 is 19.5 Å². The molecule has 0 aromatic heterocycles. The number of rotatable bonds is 7. The average Bonchev–Trinajstić information content (AvgIpc) is 3.06. The highest BCUT2D eigenvalue weighted by Crippen LogP contribution is 2.32. The lowest BCUT2D eigenvalue weighted by molar-refractivity contribution is -0.141. The van der Waals surface area contributed by atoms with Crippen LogP contribution in [0.3, 0.4) is 0 Å². The van der Waals surface area contributed by atoms with Crippen molar-refractivity contribution in [2.24, 2.45) is 0 Å². The van der Waals surface area contributed by atoms with E-state index in [1.54, 1.807) is 32.2 Å². The van der Waals surface area contributed by atoms with Crippen LogP contribution in [0.4, 0.5) is 0 Å². The number of nitrogens with one attached hydrogen (secondary N) is 1. The fourth-order valence-electron chi connectivity index (χ4n) is 2.56. The maximum Gasteiger partial charge on any atom is 0.325 e. The van der Waals surface area contributed by atoms with E-state index in [1.165, 1.54) is 0 Å². The minimum absolute atomic E-state index is 0.155. The van der Waals surface area contributed by atoms with Gasteiger partial charge in [0.15, 0.2) is 11.5 Å². The fraction of sp³-hybridized carbons (Fsp3) is 0.529. The van der Waals surface area contributed by atoms with Gasteiger partial charge in [-0.3, -0.25) is 9.59 Å². The Morgan fingerprint density at radius 3 is 2.61 bits per heavy atom. The van der Waals surface area contributed by atoms with E-state index in [1.807, 2.05) is 0 Å². The van der Waals surface area contributed by atoms with Crippen molar-refractivity contribution >= 4 is 11.9 Å². The Morgan fingerprint density at radius 1 is 1.22 bits per heavy atom. The second-order valence-corrected chi connectivity index (χ2v) is 5.38. The molecule has 1 saturated carbocycles. The first-order chi connectivity index (χ1) is 11.1. The van der Waals surface area contributed by atoms with E-state index < -0.39 is 5.97 Å². The minimum Gasteiger partial charge on any atom is -0.493 e. The van der Waals surface area contributed by atoms with Crippen molar-refractivity contribution in [2.45, 2.75) is 38.7 Å². The van der Waals surface area contributed by atoms with Crippen LogP contribution in [0.1, 0.15) is 43.0 Å². The number of hydrogen-bond donors (Lipinski definition) is 1. The SMILES string of the molecule is CCOC(=O)CNC(=O)c1ccc(OC)c(OC2CCCC2)c1. The highest BCUT2D eigenvalue weighted by molar-refractivity contribution is 5.96. The second kappa shape index (κ2) is 8.41. The van der Waals surface area contributed by atoms with Crippen LogP contribution in [0.2, 0.25) is 0 Å². The smallest absolute Gasteiger partial charge is 0.325 e. The van der Waals surface area contributed by atoms with E-state index >= 15 is 0 Å². The third-order valence-corrected chi connectivity index (χ3v) is 3.72. The van der Waals surface area contributed by atoms with Crippen LogP contribution < -0.4 is 14.8 Å². The van der Waals surface area contributed by atoms with Crippen LogP contribution in [-0.4, -0.2) is 38.2 Å². The molecule has 0 aliphatic heterocycles. The highest BCUT2D eigenvalue weighted by Gasteiger charge is 2.19. The van der Waals surface area contributed by atoms with Crippen molar-refractivity contribution in [1.82, 2.24) is 5.32 Å². The van der Waals surface area contributed by atoms with Crippen molar-refractivity contribution < 1.29 is 23.8 Å². The summed E-state index contributed by atoms with van der Waals surface area (Å²) in [5.74, 6) is 0.343. The van der Waals surface area contributed by atoms with Gasteiger partial charge in [-0.05, 0) is 50.8 Å². The Balaban J connectivity index is 2.03. The number of amides is 1. The number of methoxy groups -OCH3 is 1. The lowest BCUT2D eigenvalue weighted by atomic mass is 10.2. The van der Waals surface area contributed by atoms with E-state index in [4.69, 9.17) is 14.2 Å². The summed E-state index contributed by atoms with van der Waals surface area (Å²) < 4.78 is 16.0. The Morgan fingerprint density at radius 2 is 1.96 bits per heavy atom. The molecule has 0 radical (unpaired) electrons. The largest absolute Gasteiger partial charge is 0.493 e. The Labute approximate surface area is 136 Å². The Bertz CT molecular complexity index is 552. The molecule has 1 aliphatic rings. The maximum atomic E-state index is 12.1. The minimum atomic E-state index is -0.461. The number of benzene rings is 1. The van der Waals surface area contributed by atoms with Gasteiger partial charge in [0, 0.05) is 5.56 Å². The molecular weight excluding hydrogens is 298 g/mol. The van der Waals surface area contributed by atoms with Crippen molar-refractivity contribution in [1.29, 1.82) is 0 Å². The van der Waals surface area contributed by atoms with Gasteiger partial charge in [-0.1, -0.05) is 0 Å². The average molecular weight is 321 g/mol. The molecule has 23 heavy (non-hydrogen) atoms. The molecule has 0 unspecified atom stereocenters. The molecule has 0 atom stereocenters. The maximum absolute atomic E-state index is 12.1. The van der Waals surface area contributed by atoms with Crippen LogP contribution in [0, 0.1) is 0 Å². The standard InChI is InChI=1S/C17H23NO5/c1-3-22-16(19)11-18-17(20)12-8-9-14(21-2)15(10-12)23-13-6-4-5-7-13/h8-10,13H,3-7,11H2,1-2H3,(H,18,20). The molecule has 0 bridgehead atoms. The van der Waals surface area contributed by atoms with Crippen molar-refractivity contribution in [3.63, 3.8) is 0 Å². The van der Waals surface area contributed by atoms with Crippen molar-refractivity contribution in [2.75, 3.05) is 20.3 Å². The van der Waals surface area contributed by atoms with Gasteiger partial charge in [-0.2, -0.15) is 0 Å². The zero-order valence-corrected chi connectivity index (χ0v) is 13.6.